The Kier molecular flexibility index (Phi) is 7.45. The van der Waals surface area contributed by atoms with E-state index in [2.05, 4.69) is 15.6 Å². The maximum absolute atomic E-state index is 13.0. The maximum atomic E-state index is 13.0. The number of aryl methyl sites for hydroxylation is 2. The topological polar surface area (TPSA) is 92.8 Å². The number of nitrogens with zero attached hydrogens (tertiary/aromatic N) is 2. The van der Waals surface area contributed by atoms with Crippen molar-refractivity contribution in [1.29, 1.82) is 0 Å². The average Bonchev–Trinajstić information content (AvgIpc) is 2.86. The molecule has 1 aliphatic rings. The second kappa shape index (κ2) is 10.7. The first-order valence-electron chi connectivity index (χ1n) is 11.2. The standard InChI is InChI=1S/C26H28N4O4S/c1-16-14-17(2)28-25-22(16)30(12-13-35-25)26(32)29-20-10-8-18(9-11-20)24(31)27-15-19-6-5-7-21(33-3)23(19)34-4/h5-11,14H,12-13,15H2,1-4H3,(H,27,31)(H,29,32). The third kappa shape index (κ3) is 5.35. The van der Waals surface area contributed by atoms with E-state index in [1.165, 1.54) is 0 Å². The number of methoxy groups -OCH3 is 2. The summed E-state index contributed by atoms with van der Waals surface area (Å²) in [6.07, 6.45) is 0. The summed E-state index contributed by atoms with van der Waals surface area (Å²) < 4.78 is 10.7. The highest BCUT2D eigenvalue weighted by atomic mass is 32.2. The first-order valence-corrected chi connectivity index (χ1v) is 12.2. The van der Waals surface area contributed by atoms with E-state index in [9.17, 15) is 9.59 Å². The van der Waals surface area contributed by atoms with Gasteiger partial charge in [0, 0.05) is 41.4 Å². The van der Waals surface area contributed by atoms with E-state index in [4.69, 9.17) is 9.47 Å². The van der Waals surface area contributed by atoms with Gasteiger partial charge in [-0.1, -0.05) is 12.1 Å². The van der Waals surface area contributed by atoms with Crippen molar-refractivity contribution in [1.82, 2.24) is 10.3 Å². The van der Waals surface area contributed by atoms with Crippen molar-refractivity contribution >= 4 is 35.1 Å². The fourth-order valence-electron chi connectivity index (χ4n) is 4.04. The molecule has 0 bridgehead atoms. The van der Waals surface area contributed by atoms with E-state index in [0.29, 0.717) is 29.3 Å². The number of amides is 3. The van der Waals surface area contributed by atoms with Crippen LogP contribution in [0.1, 0.15) is 27.2 Å². The summed E-state index contributed by atoms with van der Waals surface area (Å²) in [7, 11) is 3.14. The van der Waals surface area contributed by atoms with E-state index in [1.54, 1.807) is 61.2 Å². The molecule has 2 aromatic carbocycles. The maximum Gasteiger partial charge on any atom is 0.326 e. The van der Waals surface area contributed by atoms with Gasteiger partial charge in [-0.15, -0.1) is 11.8 Å². The Labute approximate surface area is 209 Å². The number of pyridine rings is 1. The number of ether oxygens (including phenoxy) is 2. The van der Waals surface area contributed by atoms with Gasteiger partial charge in [0.1, 0.15) is 5.03 Å². The molecule has 8 nitrogen and oxygen atoms in total. The summed E-state index contributed by atoms with van der Waals surface area (Å²) in [5.41, 5.74) is 4.72. The number of benzene rings is 2. The molecule has 3 aromatic rings. The number of thioether (sulfide) groups is 1. The van der Waals surface area contributed by atoms with Gasteiger partial charge in [0.2, 0.25) is 0 Å². The molecule has 3 amide bonds. The molecule has 0 atom stereocenters. The van der Waals surface area contributed by atoms with E-state index in [1.807, 2.05) is 32.0 Å². The predicted molar refractivity (Wildman–Crippen MR) is 138 cm³/mol. The smallest absolute Gasteiger partial charge is 0.326 e. The minimum atomic E-state index is -0.230. The molecule has 9 heteroatoms. The number of fused-ring (bicyclic) bond motifs is 1. The molecular weight excluding hydrogens is 464 g/mol. The predicted octanol–water partition coefficient (Wildman–Crippen LogP) is 4.79. The highest BCUT2D eigenvalue weighted by molar-refractivity contribution is 7.99. The number of hydrogen-bond acceptors (Lipinski definition) is 6. The van der Waals surface area contributed by atoms with Gasteiger partial charge in [0.25, 0.3) is 5.91 Å². The van der Waals surface area contributed by atoms with Crippen LogP contribution in [0.25, 0.3) is 0 Å². The van der Waals surface area contributed by atoms with Gasteiger partial charge in [-0.3, -0.25) is 9.69 Å². The first-order chi connectivity index (χ1) is 16.9. The normalized spacial score (nSPS) is 12.5. The summed E-state index contributed by atoms with van der Waals surface area (Å²) in [5.74, 6) is 1.75. The molecule has 2 heterocycles. The average molecular weight is 493 g/mol. The Bertz CT molecular complexity index is 1250. The van der Waals surface area contributed by atoms with Crippen LogP contribution >= 0.6 is 11.8 Å². The highest BCUT2D eigenvalue weighted by Gasteiger charge is 2.26. The van der Waals surface area contributed by atoms with Crippen LogP contribution in [-0.2, 0) is 6.54 Å². The molecule has 0 aliphatic carbocycles. The summed E-state index contributed by atoms with van der Waals surface area (Å²) in [6.45, 7) is 4.84. The van der Waals surface area contributed by atoms with E-state index in [0.717, 1.165) is 33.3 Å². The molecule has 35 heavy (non-hydrogen) atoms. The minimum Gasteiger partial charge on any atom is -0.493 e. The molecule has 1 aromatic heterocycles. The van der Waals surface area contributed by atoms with Crippen molar-refractivity contribution in [2.24, 2.45) is 0 Å². The summed E-state index contributed by atoms with van der Waals surface area (Å²) in [5, 5.41) is 6.71. The monoisotopic (exact) mass is 492 g/mol. The lowest BCUT2D eigenvalue weighted by Gasteiger charge is -2.30. The highest BCUT2D eigenvalue weighted by Crippen LogP contribution is 2.36. The van der Waals surface area contributed by atoms with Crippen molar-refractivity contribution in [3.63, 3.8) is 0 Å². The lowest BCUT2D eigenvalue weighted by Crippen LogP contribution is -2.39. The Morgan fingerprint density at radius 1 is 1.09 bits per heavy atom. The summed E-state index contributed by atoms with van der Waals surface area (Å²) >= 11 is 1.66. The van der Waals surface area contributed by atoms with Gasteiger partial charge in [-0.05, 0) is 55.8 Å². The number of hydrogen-bond donors (Lipinski definition) is 2. The second-order valence-electron chi connectivity index (χ2n) is 8.08. The fraction of sp³-hybridized carbons (Fsp3) is 0.269. The number of carbonyl (C=O) groups excluding carboxylic acids is 2. The summed E-state index contributed by atoms with van der Waals surface area (Å²) in [6, 6.07) is 14.1. The lowest BCUT2D eigenvalue weighted by molar-refractivity contribution is 0.0950. The minimum absolute atomic E-state index is 0.220. The largest absolute Gasteiger partial charge is 0.493 e. The zero-order valence-corrected chi connectivity index (χ0v) is 21.0. The summed E-state index contributed by atoms with van der Waals surface area (Å²) in [4.78, 5) is 32.0. The van der Waals surface area contributed by atoms with Crippen LogP contribution in [0.3, 0.4) is 0 Å². The first kappa shape index (κ1) is 24.4. The van der Waals surface area contributed by atoms with Gasteiger partial charge in [0.05, 0.1) is 19.9 Å². The van der Waals surface area contributed by atoms with Crippen LogP contribution in [0.15, 0.2) is 53.6 Å². The zero-order valence-electron chi connectivity index (χ0n) is 20.2. The number of nitrogens with one attached hydrogen (secondary N) is 2. The Hall–Kier alpha value is -3.72. The van der Waals surface area contributed by atoms with Crippen molar-refractivity contribution in [2.75, 3.05) is 36.7 Å². The molecule has 0 fully saturated rings. The Balaban J connectivity index is 1.40. The van der Waals surface area contributed by atoms with Crippen molar-refractivity contribution in [3.05, 3.63) is 70.9 Å². The number of aromatic nitrogens is 1. The molecule has 0 unspecified atom stereocenters. The third-order valence-electron chi connectivity index (χ3n) is 5.67. The van der Waals surface area contributed by atoms with Gasteiger partial charge in [-0.25, -0.2) is 9.78 Å². The molecule has 1 aliphatic heterocycles. The van der Waals surface area contributed by atoms with Crippen LogP contribution in [0.2, 0.25) is 0 Å². The Morgan fingerprint density at radius 2 is 1.86 bits per heavy atom. The van der Waals surface area contributed by atoms with Gasteiger partial charge >= 0.3 is 6.03 Å². The van der Waals surface area contributed by atoms with Gasteiger partial charge in [0.15, 0.2) is 11.5 Å². The van der Waals surface area contributed by atoms with Crippen LogP contribution < -0.4 is 25.0 Å². The molecule has 2 N–H and O–H groups in total. The van der Waals surface area contributed by atoms with Crippen molar-refractivity contribution in [2.45, 2.75) is 25.4 Å². The Morgan fingerprint density at radius 3 is 2.57 bits per heavy atom. The van der Waals surface area contributed by atoms with Crippen molar-refractivity contribution < 1.29 is 19.1 Å². The second-order valence-corrected chi connectivity index (χ2v) is 9.16. The number of rotatable bonds is 6. The molecule has 0 saturated heterocycles. The third-order valence-corrected chi connectivity index (χ3v) is 6.62. The number of urea groups is 1. The SMILES string of the molecule is COc1cccc(CNC(=O)c2ccc(NC(=O)N3CCSc4nc(C)cc(C)c43)cc2)c1OC. The van der Waals surface area contributed by atoms with Gasteiger partial charge in [-0.2, -0.15) is 0 Å². The fourth-order valence-corrected chi connectivity index (χ4v) is 5.12. The van der Waals surface area contributed by atoms with E-state index >= 15 is 0 Å². The van der Waals surface area contributed by atoms with E-state index in [-0.39, 0.29) is 18.5 Å². The van der Waals surface area contributed by atoms with Crippen LogP contribution in [0.5, 0.6) is 11.5 Å². The van der Waals surface area contributed by atoms with Gasteiger partial charge < -0.3 is 20.1 Å². The van der Waals surface area contributed by atoms with E-state index < -0.39 is 0 Å². The lowest BCUT2D eigenvalue weighted by atomic mass is 10.1. The molecular formula is C26H28N4O4S. The van der Waals surface area contributed by atoms with Crippen LogP contribution in [0, 0.1) is 13.8 Å². The number of anilines is 2. The zero-order chi connectivity index (χ0) is 24.9. The molecule has 182 valence electrons. The molecule has 0 saturated carbocycles. The molecule has 0 radical (unpaired) electrons. The van der Waals surface area contributed by atoms with Crippen molar-refractivity contribution in [3.8, 4) is 11.5 Å². The quantitative estimate of drug-likeness (QED) is 0.514. The number of carbonyl (C=O) groups is 2. The van der Waals surface area contributed by atoms with Crippen LogP contribution in [0.4, 0.5) is 16.2 Å². The molecule has 0 spiro atoms. The number of para-hydroxylation sites is 1. The molecule has 4 rings (SSSR count). The van der Waals surface area contributed by atoms with Crippen LogP contribution in [-0.4, -0.2) is 43.4 Å².